The first-order valence-corrected chi connectivity index (χ1v) is 8.90. The van der Waals surface area contributed by atoms with Gasteiger partial charge in [-0.15, -0.1) is 12.4 Å². The fraction of sp³-hybridized carbons (Fsp3) is 0.556. The molecule has 1 saturated carbocycles. The van der Waals surface area contributed by atoms with E-state index in [1.165, 1.54) is 12.8 Å². The second-order valence-corrected chi connectivity index (χ2v) is 7.23. The van der Waals surface area contributed by atoms with Crippen molar-refractivity contribution in [1.29, 1.82) is 0 Å². The van der Waals surface area contributed by atoms with Gasteiger partial charge in [-0.3, -0.25) is 4.79 Å². The predicted octanol–water partition coefficient (Wildman–Crippen LogP) is 2.41. The number of carbonyl (C=O) groups excluding carboxylic acids is 2. The molecule has 1 aliphatic carbocycles. The van der Waals surface area contributed by atoms with Gasteiger partial charge in [-0.05, 0) is 56.7 Å². The van der Waals surface area contributed by atoms with Crippen LogP contribution < -0.4 is 21.3 Å². The molecule has 7 heteroatoms. The van der Waals surface area contributed by atoms with Crippen LogP contribution in [0.2, 0.25) is 0 Å². The van der Waals surface area contributed by atoms with E-state index in [-0.39, 0.29) is 30.4 Å². The number of fused-ring (bicyclic) bond motifs is 2. The highest BCUT2D eigenvalue weighted by molar-refractivity contribution is 5.97. The van der Waals surface area contributed by atoms with Gasteiger partial charge in [0.1, 0.15) is 0 Å². The van der Waals surface area contributed by atoms with Gasteiger partial charge in [-0.25, -0.2) is 4.79 Å². The Bertz CT molecular complexity index is 638. The number of urea groups is 1. The van der Waals surface area contributed by atoms with Crippen molar-refractivity contribution in [3.05, 3.63) is 29.8 Å². The third-order valence-electron chi connectivity index (χ3n) is 5.10. The molecule has 0 radical (unpaired) electrons. The fourth-order valence-corrected chi connectivity index (χ4v) is 3.76. The van der Waals surface area contributed by atoms with E-state index in [2.05, 4.69) is 21.3 Å². The minimum Gasteiger partial charge on any atom is -0.349 e. The zero-order chi connectivity index (χ0) is 16.5. The molecule has 3 aliphatic rings. The van der Waals surface area contributed by atoms with E-state index < -0.39 is 0 Å². The lowest BCUT2D eigenvalue weighted by molar-refractivity contribution is 0.0924. The number of carbonyl (C=O) groups is 2. The summed E-state index contributed by atoms with van der Waals surface area (Å²) in [6.07, 6.45) is 6.54. The van der Waals surface area contributed by atoms with Gasteiger partial charge in [0.15, 0.2) is 0 Å². The number of halogens is 1. The monoisotopic (exact) mass is 364 g/mol. The van der Waals surface area contributed by atoms with Crippen LogP contribution >= 0.6 is 12.4 Å². The number of rotatable bonds is 4. The van der Waals surface area contributed by atoms with Crippen molar-refractivity contribution < 1.29 is 9.59 Å². The molecule has 2 heterocycles. The first-order valence-electron chi connectivity index (χ1n) is 8.90. The molecule has 2 saturated heterocycles. The quantitative estimate of drug-likeness (QED) is 0.662. The lowest BCUT2D eigenvalue weighted by atomic mass is 9.99. The molecule has 3 amide bonds. The Morgan fingerprint density at radius 1 is 0.960 bits per heavy atom. The highest BCUT2D eigenvalue weighted by atomic mass is 35.5. The molecule has 0 aromatic heterocycles. The number of nitrogens with one attached hydrogen (secondary N) is 4. The third-order valence-corrected chi connectivity index (χ3v) is 5.10. The Balaban J connectivity index is 0.00000182. The van der Waals surface area contributed by atoms with Crippen molar-refractivity contribution in [2.75, 3.05) is 5.32 Å². The second kappa shape index (κ2) is 7.62. The summed E-state index contributed by atoms with van der Waals surface area (Å²) in [6, 6.07) is 8.57. The highest BCUT2D eigenvalue weighted by Gasteiger charge is 2.34. The van der Waals surface area contributed by atoms with Crippen molar-refractivity contribution >= 4 is 30.0 Å². The summed E-state index contributed by atoms with van der Waals surface area (Å²) < 4.78 is 0. The second-order valence-electron chi connectivity index (χ2n) is 7.23. The Morgan fingerprint density at radius 3 is 2.36 bits per heavy atom. The molecule has 25 heavy (non-hydrogen) atoms. The smallest absolute Gasteiger partial charge is 0.319 e. The maximum atomic E-state index is 12.5. The number of hydrogen-bond acceptors (Lipinski definition) is 3. The number of hydrogen-bond donors (Lipinski definition) is 4. The molecular formula is C18H25ClN4O2. The number of piperidine rings is 1. The topological polar surface area (TPSA) is 82.3 Å². The summed E-state index contributed by atoms with van der Waals surface area (Å²) in [5.41, 5.74) is 1.23. The highest BCUT2D eigenvalue weighted by Crippen LogP contribution is 2.27. The lowest BCUT2D eigenvalue weighted by Gasteiger charge is -2.29. The van der Waals surface area contributed by atoms with Crippen LogP contribution in [0.1, 0.15) is 48.9 Å². The maximum absolute atomic E-state index is 12.5. The van der Waals surface area contributed by atoms with Crippen LogP contribution in [0.25, 0.3) is 0 Å². The molecule has 136 valence electrons. The van der Waals surface area contributed by atoms with Gasteiger partial charge in [0.25, 0.3) is 5.91 Å². The fourth-order valence-electron chi connectivity index (χ4n) is 3.76. The van der Waals surface area contributed by atoms with E-state index >= 15 is 0 Å². The summed E-state index contributed by atoms with van der Waals surface area (Å²) >= 11 is 0. The van der Waals surface area contributed by atoms with Gasteiger partial charge < -0.3 is 21.3 Å². The lowest BCUT2D eigenvalue weighted by Crippen LogP contribution is -2.48. The number of benzene rings is 1. The molecule has 2 aliphatic heterocycles. The zero-order valence-electron chi connectivity index (χ0n) is 14.1. The minimum atomic E-state index is -0.204. The van der Waals surface area contributed by atoms with Gasteiger partial charge in [-0.2, -0.15) is 0 Å². The van der Waals surface area contributed by atoms with Crippen molar-refractivity contribution in [1.82, 2.24) is 16.0 Å². The van der Waals surface area contributed by atoms with E-state index in [4.69, 9.17) is 0 Å². The molecule has 2 bridgehead atoms. The Labute approximate surface area is 153 Å². The molecule has 2 atom stereocenters. The standard InChI is InChI=1S/C18H24N4O2.ClH/c23-17(20-16-9-14-6-7-15(10-16)19-14)11-2-1-3-13(8-11)22-18(24)21-12-4-5-12;/h1-3,8,12,14-16,19H,4-7,9-10H2,(H,20,23)(H2,21,22,24);1H. The van der Waals surface area contributed by atoms with Gasteiger partial charge >= 0.3 is 6.03 Å². The van der Waals surface area contributed by atoms with E-state index in [0.29, 0.717) is 29.4 Å². The third kappa shape index (κ3) is 4.64. The van der Waals surface area contributed by atoms with Crippen LogP contribution in [-0.4, -0.2) is 36.1 Å². The first-order chi connectivity index (χ1) is 11.7. The molecule has 4 rings (SSSR count). The largest absolute Gasteiger partial charge is 0.349 e. The Morgan fingerprint density at radius 2 is 1.68 bits per heavy atom. The van der Waals surface area contributed by atoms with Crippen molar-refractivity contribution in [2.24, 2.45) is 0 Å². The molecule has 4 N–H and O–H groups in total. The van der Waals surface area contributed by atoms with Gasteiger partial charge in [0.2, 0.25) is 0 Å². The summed E-state index contributed by atoms with van der Waals surface area (Å²) in [6.45, 7) is 0. The summed E-state index contributed by atoms with van der Waals surface area (Å²) in [5.74, 6) is -0.0625. The van der Waals surface area contributed by atoms with E-state index in [0.717, 1.165) is 25.7 Å². The number of amides is 3. The maximum Gasteiger partial charge on any atom is 0.319 e. The van der Waals surface area contributed by atoms with Gasteiger partial charge in [0, 0.05) is 35.4 Å². The first kappa shape index (κ1) is 18.0. The minimum absolute atomic E-state index is 0. The summed E-state index contributed by atoms with van der Waals surface area (Å²) in [4.78, 5) is 24.3. The summed E-state index contributed by atoms with van der Waals surface area (Å²) in [5, 5.41) is 12.4. The molecular weight excluding hydrogens is 340 g/mol. The Kier molecular flexibility index (Phi) is 5.49. The molecule has 0 spiro atoms. The molecule has 1 aromatic carbocycles. The van der Waals surface area contributed by atoms with Crippen LogP contribution in [0.4, 0.5) is 10.5 Å². The SMILES string of the molecule is Cl.O=C(Nc1cccc(C(=O)NC2CC3CCC(C2)N3)c1)NC1CC1. The van der Waals surface area contributed by atoms with Crippen LogP contribution in [0.5, 0.6) is 0 Å². The molecule has 6 nitrogen and oxygen atoms in total. The molecule has 1 aromatic rings. The normalized spacial score (nSPS) is 27.1. The van der Waals surface area contributed by atoms with Crippen LogP contribution in [0, 0.1) is 0 Å². The van der Waals surface area contributed by atoms with Crippen LogP contribution in [0.15, 0.2) is 24.3 Å². The predicted molar refractivity (Wildman–Crippen MR) is 99.3 cm³/mol. The van der Waals surface area contributed by atoms with E-state index in [1.807, 2.05) is 0 Å². The average molecular weight is 365 g/mol. The van der Waals surface area contributed by atoms with Crippen molar-refractivity contribution in [3.8, 4) is 0 Å². The van der Waals surface area contributed by atoms with E-state index in [9.17, 15) is 9.59 Å². The van der Waals surface area contributed by atoms with Gasteiger partial charge in [0.05, 0.1) is 0 Å². The van der Waals surface area contributed by atoms with Crippen molar-refractivity contribution in [3.63, 3.8) is 0 Å². The van der Waals surface area contributed by atoms with Gasteiger partial charge in [-0.1, -0.05) is 6.07 Å². The Hall–Kier alpha value is -1.79. The van der Waals surface area contributed by atoms with Crippen LogP contribution in [-0.2, 0) is 0 Å². The average Bonchev–Trinajstić information content (AvgIpc) is 3.30. The summed E-state index contributed by atoms with van der Waals surface area (Å²) in [7, 11) is 0. The van der Waals surface area contributed by atoms with Crippen LogP contribution in [0.3, 0.4) is 0 Å². The van der Waals surface area contributed by atoms with Crippen molar-refractivity contribution in [2.45, 2.75) is 62.7 Å². The molecule has 3 fully saturated rings. The zero-order valence-corrected chi connectivity index (χ0v) is 14.9. The number of anilines is 1. The molecule has 2 unspecified atom stereocenters. The van der Waals surface area contributed by atoms with E-state index in [1.54, 1.807) is 24.3 Å².